The first-order valence-corrected chi connectivity index (χ1v) is 13.3. The Hall–Kier alpha value is -3.58. The molecule has 0 saturated carbocycles. The van der Waals surface area contributed by atoms with E-state index in [-0.39, 0.29) is 11.9 Å². The summed E-state index contributed by atoms with van der Waals surface area (Å²) in [5.41, 5.74) is 6.51. The number of aromatic nitrogens is 2. The zero-order valence-corrected chi connectivity index (χ0v) is 21.7. The van der Waals surface area contributed by atoms with Crippen LogP contribution in [0.1, 0.15) is 49.4 Å². The van der Waals surface area contributed by atoms with Crippen molar-refractivity contribution in [3.05, 3.63) is 64.4 Å². The summed E-state index contributed by atoms with van der Waals surface area (Å²) >= 11 is 6.22. The molecule has 0 saturated heterocycles. The maximum atomic E-state index is 12.6. The SMILES string of the molecule is CC(=O)NCCc1c[nH]c2ccc(OC(=O)CCCNc3c4c(nc5cc(Cl)ccc35)CCCC4)cc12. The highest BCUT2D eigenvalue weighted by molar-refractivity contribution is 6.31. The highest BCUT2D eigenvalue weighted by Crippen LogP contribution is 2.34. The molecule has 2 aromatic heterocycles. The molecule has 0 atom stereocenters. The number of halogens is 1. The van der Waals surface area contributed by atoms with Crippen LogP contribution >= 0.6 is 11.6 Å². The van der Waals surface area contributed by atoms with E-state index in [9.17, 15) is 9.59 Å². The van der Waals surface area contributed by atoms with Gasteiger partial charge in [-0.3, -0.25) is 14.6 Å². The van der Waals surface area contributed by atoms with Crippen molar-refractivity contribution in [3.63, 3.8) is 0 Å². The Morgan fingerprint density at radius 3 is 2.81 bits per heavy atom. The van der Waals surface area contributed by atoms with E-state index in [1.54, 1.807) is 6.07 Å². The van der Waals surface area contributed by atoms with Crippen molar-refractivity contribution in [2.75, 3.05) is 18.4 Å². The molecule has 4 aromatic rings. The van der Waals surface area contributed by atoms with Crippen LogP contribution in [0.25, 0.3) is 21.8 Å². The molecule has 1 aliphatic rings. The number of amides is 1. The van der Waals surface area contributed by atoms with Gasteiger partial charge in [0, 0.05) is 65.3 Å². The molecule has 0 fully saturated rings. The van der Waals surface area contributed by atoms with Gasteiger partial charge >= 0.3 is 5.97 Å². The molecule has 8 heteroatoms. The second-order valence-electron chi connectivity index (χ2n) is 9.54. The molecule has 7 nitrogen and oxygen atoms in total. The first kappa shape index (κ1) is 25.1. The number of hydrogen-bond donors (Lipinski definition) is 3. The zero-order chi connectivity index (χ0) is 25.8. The van der Waals surface area contributed by atoms with Gasteiger partial charge in [-0.25, -0.2) is 0 Å². The monoisotopic (exact) mass is 518 g/mol. The molecule has 5 rings (SSSR count). The highest BCUT2D eigenvalue weighted by atomic mass is 35.5. The van der Waals surface area contributed by atoms with Gasteiger partial charge in [0.1, 0.15) is 5.75 Å². The van der Waals surface area contributed by atoms with Gasteiger partial charge in [-0.2, -0.15) is 0 Å². The number of aromatic amines is 1. The average molecular weight is 519 g/mol. The summed E-state index contributed by atoms with van der Waals surface area (Å²) in [4.78, 5) is 31.8. The van der Waals surface area contributed by atoms with Crippen molar-refractivity contribution in [1.29, 1.82) is 0 Å². The van der Waals surface area contributed by atoms with Crippen LogP contribution in [0.5, 0.6) is 5.75 Å². The number of ether oxygens (including phenoxy) is 1. The number of anilines is 1. The van der Waals surface area contributed by atoms with Crippen molar-refractivity contribution in [1.82, 2.24) is 15.3 Å². The van der Waals surface area contributed by atoms with E-state index in [1.165, 1.54) is 12.5 Å². The number of benzene rings is 2. The molecule has 2 heterocycles. The predicted octanol–water partition coefficient (Wildman–Crippen LogP) is 5.72. The van der Waals surface area contributed by atoms with Gasteiger partial charge in [0.25, 0.3) is 0 Å². The van der Waals surface area contributed by atoms with Gasteiger partial charge in [-0.05, 0) is 86.1 Å². The number of esters is 1. The lowest BCUT2D eigenvalue weighted by atomic mass is 9.92. The average Bonchev–Trinajstić information content (AvgIpc) is 3.27. The zero-order valence-electron chi connectivity index (χ0n) is 21.0. The number of fused-ring (bicyclic) bond motifs is 3. The third-order valence-corrected chi connectivity index (χ3v) is 7.06. The standard InChI is InChI=1S/C29H31ClN4O3/c1-18(35)31-14-12-19-17-33-25-11-9-21(16-24(19)25)37-28(36)7-4-13-32-29-22-5-2-3-6-26(22)34-27-15-20(30)8-10-23(27)29/h8-11,15-17,33H,2-7,12-14H2,1H3,(H,31,35)(H,32,34). The van der Waals surface area contributed by atoms with Gasteiger partial charge < -0.3 is 20.4 Å². The Labute approximate surface area is 220 Å². The lowest BCUT2D eigenvalue weighted by molar-refractivity contribution is -0.134. The molecule has 37 heavy (non-hydrogen) atoms. The quantitative estimate of drug-likeness (QED) is 0.149. The summed E-state index contributed by atoms with van der Waals surface area (Å²) in [6.07, 6.45) is 7.91. The van der Waals surface area contributed by atoms with Crippen LogP contribution in [-0.4, -0.2) is 34.9 Å². The molecule has 0 aliphatic heterocycles. The smallest absolute Gasteiger partial charge is 0.311 e. The molecular formula is C29H31ClN4O3. The van der Waals surface area contributed by atoms with Crippen molar-refractivity contribution < 1.29 is 14.3 Å². The molecule has 0 radical (unpaired) electrons. The number of hydrogen-bond acceptors (Lipinski definition) is 5. The Kier molecular flexibility index (Phi) is 7.60. The topological polar surface area (TPSA) is 96.1 Å². The molecule has 192 valence electrons. The maximum Gasteiger partial charge on any atom is 0.311 e. The van der Waals surface area contributed by atoms with Gasteiger partial charge in [0.15, 0.2) is 0 Å². The Morgan fingerprint density at radius 1 is 1.08 bits per heavy atom. The number of carbonyl (C=O) groups is 2. The third kappa shape index (κ3) is 5.88. The number of carbonyl (C=O) groups excluding carboxylic acids is 2. The van der Waals surface area contributed by atoms with Crippen LogP contribution in [0.3, 0.4) is 0 Å². The number of aryl methyl sites for hydroxylation is 1. The summed E-state index contributed by atoms with van der Waals surface area (Å²) in [6.45, 7) is 2.72. The van der Waals surface area contributed by atoms with Crippen LogP contribution in [0.4, 0.5) is 5.69 Å². The van der Waals surface area contributed by atoms with Crippen LogP contribution in [0, 0.1) is 0 Å². The van der Waals surface area contributed by atoms with E-state index < -0.39 is 0 Å². The molecule has 0 unspecified atom stereocenters. The van der Waals surface area contributed by atoms with Gasteiger partial charge in [-0.15, -0.1) is 0 Å². The molecule has 1 aliphatic carbocycles. The minimum absolute atomic E-state index is 0.0506. The fourth-order valence-corrected chi connectivity index (χ4v) is 5.20. The van der Waals surface area contributed by atoms with Gasteiger partial charge in [0.05, 0.1) is 5.52 Å². The second-order valence-corrected chi connectivity index (χ2v) is 9.98. The normalized spacial score (nSPS) is 12.9. The van der Waals surface area contributed by atoms with E-state index in [4.69, 9.17) is 21.3 Å². The molecular weight excluding hydrogens is 488 g/mol. The Bertz CT molecular complexity index is 1460. The summed E-state index contributed by atoms with van der Waals surface area (Å²) < 4.78 is 5.64. The summed E-state index contributed by atoms with van der Waals surface area (Å²) in [7, 11) is 0. The van der Waals surface area contributed by atoms with Gasteiger partial charge in [0.2, 0.25) is 5.91 Å². The molecule has 1 amide bonds. The van der Waals surface area contributed by atoms with Crippen LogP contribution in [0.2, 0.25) is 5.02 Å². The van der Waals surface area contributed by atoms with Crippen molar-refractivity contribution in [2.24, 2.45) is 0 Å². The van der Waals surface area contributed by atoms with E-state index in [2.05, 4.69) is 15.6 Å². The Balaban J connectivity index is 1.19. The lowest BCUT2D eigenvalue weighted by Gasteiger charge is -2.21. The molecule has 2 aromatic carbocycles. The number of rotatable bonds is 9. The molecule has 0 spiro atoms. The van der Waals surface area contributed by atoms with Gasteiger partial charge in [-0.1, -0.05) is 11.6 Å². The number of nitrogens with one attached hydrogen (secondary N) is 3. The predicted molar refractivity (Wildman–Crippen MR) is 147 cm³/mol. The van der Waals surface area contributed by atoms with Crippen LogP contribution in [0.15, 0.2) is 42.6 Å². The molecule has 0 bridgehead atoms. The number of nitrogens with zero attached hydrogens (tertiary/aromatic N) is 1. The Morgan fingerprint density at radius 2 is 1.95 bits per heavy atom. The van der Waals surface area contributed by atoms with E-state index >= 15 is 0 Å². The summed E-state index contributed by atoms with van der Waals surface area (Å²) in [5.74, 6) is 0.215. The van der Waals surface area contributed by atoms with E-state index in [0.29, 0.717) is 43.1 Å². The first-order valence-electron chi connectivity index (χ1n) is 12.9. The maximum absolute atomic E-state index is 12.6. The fraction of sp³-hybridized carbons (Fsp3) is 0.345. The fourth-order valence-electron chi connectivity index (χ4n) is 5.03. The minimum Gasteiger partial charge on any atom is -0.427 e. The first-order chi connectivity index (χ1) is 18.0. The third-order valence-electron chi connectivity index (χ3n) is 6.82. The van der Waals surface area contributed by atoms with Crippen LogP contribution < -0.4 is 15.4 Å². The van der Waals surface area contributed by atoms with Crippen molar-refractivity contribution in [3.8, 4) is 5.75 Å². The van der Waals surface area contributed by atoms with E-state index in [1.807, 2.05) is 36.5 Å². The largest absolute Gasteiger partial charge is 0.427 e. The van der Waals surface area contributed by atoms with Crippen molar-refractivity contribution in [2.45, 2.75) is 51.9 Å². The van der Waals surface area contributed by atoms with Crippen LogP contribution in [-0.2, 0) is 28.9 Å². The highest BCUT2D eigenvalue weighted by Gasteiger charge is 2.18. The molecule has 3 N–H and O–H groups in total. The minimum atomic E-state index is -0.259. The number of H-pyrrole nitrogens is 1. The summed E-state index contributed by atoms with van der Waals surface area (Å²) in [6, 6.07) is 11.4. The second kappa shape index (κ2) is 11.2. The summed E-state index contributed by atoms with van der Waals surface area (Å²) in [5, 5.41) is 9.14. The van der Waals surface area contributed by atoms with E-state index in [0.717, 1.165) is 64.4 Å². The number of pyridine rings is 1. The lowest BCUT2D eigenvalue weighted by Crippen LogP contribution is -2.22. The van der Waals surface area contributed by atoms with Crippen molar-refractivity contribution >= 4 is 51.0 Å².